The first-order chi connectivity index (χ1) is 10.0. The minimum atomic E-state index is -1.26. The van der Waals surface area contributed by atoms with Crippen molar-refractivity contribution >= 4 is 5.97 Å². The van der Waals surface area contributed by atoms with E-state index in [1.165, 1.54) is 20.3 Å². The third-order valence-corrected chi connectivity index (χ3v) is 2.45. The van der Waals surface area contributed by atoms with Crippen molar-refractivity contribution in [3.05, 3.63) is 35.6 Å². The Hall–Kier alpha value is -2.90. The van der Waals surface area contributed by atoms with Crippen LogP contribution in [0, 0.1) is 5.82 Å². The molecule has 0 saturated carbocycles. The van der Waals surface area contributed by atoms with Crippen LogP contribution in [0.15, 0.2) is 24.3 Å². The molecule has 0 aliphatic rings. The maximum absolute atomic E-state index is 13.2. The fourth-order valence-corrected chi connectivity index (χ4v) is 1.49. The minimum absolute atomic E-state index is 0.158. The highest BCUT2D eigenvalue weighted by Gasteiger charge is 2.15. The summed E-state index contributed by atoms with van der Waals surface area (Å²) in [5.74, 6) is -1.82. The van der Waals surface area contributed by atoms with Gasteiger partial charge in [-0.3, -0.25) is 0 Å². The molecule has 0 spiro atoms. The molecule has 110 valence electrons. The van der Waals surface area contributed by atoms with Gasteiger partial charge in [0.15, 0.2) is 0 Å². The minimum Gasteiger partial charge on any atom is -0.481 e. The summed E-state index contributed by atoms with van der Waals surface area (Å²) >= 11 is 0. The Balaban J connectivity index is 2.42. The number of aromatic nitrogens is 2. The smallest absolute Gasteiger partial charge is 0.339 e. The summed E-state index contributed by atoms with van der Waals surface area (Å²) in [5.41, 5.74) is -0.221. The molecule has 1 aromatic carbocycles. The zero-order valence-corrected chi connectivity index (χ0v) is 11.2. The number of methoxy groups -OCH3 is 2. The number of hydrogen-bond donors (Lipinski definition) is 1. The van der Waals surface area contributed by atoms with Crippen molar-refractivity contribution in [1.29, 1.82) is 0 Å². The standard InChI is InChI=1S/C13H11FN2O5/c1-19-10-6-11(20-2)16-13(15-10)21-9-5-7(14)3-4-8(9)12(17)18/h3-6H,1-2H3,(H,17,18). The van der Waals surface area contributed by atoms with Crippen LogP contribution < -0.4 is 14.2 Å². The van der Waals surface area contributed by atoms with E-state index in [9.17, 15) is 9.18 Å². The highest BCUT2D eigenvalue weighted by Crippen LogP contribution is 2.27. The van der Waals surface area contributed by atoms with Crippen molar-refractivity contribution in [1.82, 2.24) is 9.97 Å². The predicted octanol–water partition coefficient (Wildman–Crippen LogP) is 2.12. The Labute approximate surface area is 118 Å². The predicted molar refractivity (Wildman–Crippen MR) is 68.6 cm³/mol. The number of carboxylic acids is 1. The summed E-state index contributed by atoms with van der Waals surface area (Å²) in [6.45, 7) is 0. The lowest BCUT2D eigenvalue weighted by Crippen LogP contribution is -2.03. The van der Waals surface area contributed by atoms with Gasteiger partial charge in [-0.05, 0) is 12.1 Å². The molecule has 0 unspecified atom stereocenters. The van der Waals surface area contributed by atoms with E-state index in [1.807, 2.05) is 0 Å². The Morgan fingerprint density at radius 3 is 2.29 bits per heavy atom. The normalized spacial score (nSPS) is 10.0. The van der Waals surface area contributed by atoms with Crippen LogP contribution >= 0.6 is 0 Å². The average molecular weight is 294 g/mol. The van der Waals surface area contributed by atoms with Crippen LogP contribution in [0.2, 0.25) is 0 Å². The largest absolute Gasteiger partial charge is 0.481 e. The van der Waals surface area contributed by atoms with Crippen molar-refractivity contribution in [2.45, 2.75) is 0 Å². The molecule has 0 amide bonds. The molecule has 1 heterocycles. The molecule has 7 nitrogen and oxygen atoms in total. The second-order valence-electron chi connectivity index (χ2n) is 3.78. The first-order valence-corrected chi connectivity index (χ1v) is 5.71. The second kappa shape index (κ2) is 6.04. The topological polar surface area (TPSA) is 90.8 Å². The summed E-state index contributed by atoms with van der Waals surface area (Å²) in [4.78, 5) is 18.8. The SMILES string of the molecule is COc1cc(OC)nc(Oc2cc(F)ccc2C(=O)O)n1. The second-order valence-corrected chi connectivity index (χ2v) is 3.78. The molecule has 0 radical (unpaired) electrons. The molecule has 21 heavy (non-hydrogen) atoms. The number of carboxylic acid groups (broad SMARTS) is 1. The Bertz CT molecular complexity index is 655. The van der Waals surface area contributed by atoms with Gasteiger partial charge in [-0.15, -0.1) is 0 Å². The summed E-state index contributed by atoms with van der Waals surface area (Å²) in [7, 11) is 2.77. The van der Waals surface area contributed by atoms with Gasteiger partial charge in [-0.25, -0.2) is 9.18 Å². The van der Waals surface area contributed by atoms with Crippen LogP contribution in [0.25, 0.3) is 0 Å². The van der Waals surface area contributed by atoms with Gasteiger partial charge >= 0.3 is 12.0 Å². The van der Waals surface area contributed by atoms with E-state index in [2.05, 4.69) is 9.97 Å². The zero-order valence-electron chi connectivity index (χ0n) is 11.2. The third-order valence-electron chi connectivity index (χ3n) is 2.45. The molecule has 2 aromatic rings. The zero-order chi connectivity index (χ0) is 15.4. The van der Waals surface area contributed by atoms with Gasteiger partial charge in [0, 0.05) is 6.07 Å². The summed E-state index contributed by atoms with van der Waals surface area (Å²) < 4.78 is 28.3. The van der Waals surface area contributed by atoms with Crippen molar-refractivity contribution in [3.63, 3.8) is 0 Å². The maximum atomic E-state index is 13.2. The van der Waals surface area contributed by atoms with Crippen LogP contribution in [0.3, 0.4) is 0 Å². The fraction of sp³-hybridized carbons (Fsp3) is 0.154. The molecule has 0 aliphatic carbocycles. The fourth-order valence-electron chi connectivity index (χ4n) is 1.49. The number of carbonyl (C=O) groups is 1. The van der Waals surface area contributed by atoms with Gasteiger partial charge in [0.25, 0.3) is 0 Å². The lowest BCUT2D eigenvalue weighted by atomic mass is 10.2. The molecule has 0 fully saturated rings. The van der Waals surface area contributed by atoms with E-state index < -0.39 is 11.8 Å². The Morgan fingerprint density at radius 2 is 1.76 bits per heavy atom. The lowest BCUT2D eigenvalue weighted by molar-refractivity contribution is 0.0694. The van der Waals surface area contributed by atoms with Gasteiger partial charge in [-0.2, -0.15) is 9.97 Å². The molecular formula is C13H11FN2O5. The molecule has 0 aliphatic heterocycles. The van der Waals surface area contributed by atoms with Crippen molar-refractivity contribution in [3.8, 4) is 23.5 Å². The van der Waals surface area contributed by atoms with Gasteiger partial charge < -0.3 is 19.3 Å². The molecule has 0 atom stereocenters. The van der Waals surface area contributed by atoms with Gasteiger partial charge in [0.1, 0.15) is 17.1 Å². The lowest BCUT2D eigenvalue weighted by Gasteiger charge is -2.09. The van der Waals surface area contributed by atoms with Crippen LogP contribution in [-0.4, -0.2) is 35.3 Å². The highest BCUT2D eigenvalue weighted by atomic mass is 19.1. The number of rotatable bonds is 5. The number of nitrogens with zero attached hydrogens (tertiary/aromatic N) is 2. The monoisotopic (exact) mass is 294 g/mol. The van der Waals surface area contributed by atoms with Gasteiger partial charge in [0.2, 0.25) is 11.8 Å². The molecule has 8 heteroatoms. The summed E-state index contributed by atoms with van der Waals surface area (Å²) in [6.07, 6.45) is 0. The molecule has 2 rings (SSSR count). The Morgan fingerprint density at radius 1 is 1.14 bits per heavy atom. The van der Waals surface area contributed by atoms with Crippen LogP contribution in [0.1, 0.15) is 10.4 Å². The van der Waals surface area contributed by atoms with E-state index in [-0.39, 0.29) is 29.1 Å². The first-order valence-electron chi connectivity index (χ1n) is 5.71. The van der Waals surface area contributed by atoms with Crippen molar-refractivity contribution in [2.75, 3.05) is 14.2 Å². The van der Waals surface area contributed by atoms with E-state index in [4.69, 9.17) is 19.3 Å². The maximum Gasteiger partial charge on any atom is 0.339 e. The average Bonchev–Trinajstić information content (AvgIpc) is 2.46. The number of aromatic carboxylic acids is 1. The molecular weight excluding hydrogens is 283 g/mol. The van der Waals surface area contributed by atoms with Gasteiger partial charge in [-0.1, -0.05) is 0 Å². The number of halogens is 1. The molecule has 1 aromatic heterocycles. The number of hydrogen-bond acceptors (Lipinski definition) is 6. The number of ether oxygens (including phenoxy) is 3. The summed E-state index contributed by atoms with van der Waals surface area (Å²) in [6, 6.07) is 4.22. The van der Waals surface area contributed by atoms with Gasteiger partial charge in [0.05, 0.1) is 20.3 Å². The van der Waals surface area contributed by atoms with E-state index in [0.717, 1.165) is 18.2 Å². The summed E-state index contributed by atoms with van der Waals surface area (Å²) in [5, 5.41) is 9.04. The molecule has 1 N–H and O–H groups in total. The van der Waals surface area contributed by atoms with Crippen molar-refractivity contribution in [2.24, 2.45) is 0 Å². The molecule has 0 bridgehead atoms. The first kappa shape index (κ1) is 14.5. The van der Waals surface area contributed by atoms with Crippen LogP contribution in [0.5, 0.6) is 23.5 Å². The molecule has 0 saturated heterocycles. The number of benzene rings is 1. The quantitative estimate of drug-likeness (QED) is 0.903. The Kier molecular flexibility index (Phi) is 4.17. The third kappa shape index (κ3) is 3.35. The van der Waals surface area contributed by atoms with E-state index in [0.29, 0.717) is 0 Å². The van der Waals surface area contributed by atoms with E-state index in [1.54, 1.807) is 0 Å². The van der Waals surface area contributed by atoms with E-state index >= 15 is 0 Å². The highest BCUT2D eigenvalue weighted by molar-refractivity contribution is 5.90. The van der Waals surface area contributed by atoms with Crippen LogP contribution in [-0.2, 0) is 0 Å². The van der Waals surface area contributed by atoms with Crippen molar-refractivity contribution < 1.29 is 28.5 Å². The van der Waals surface area contributed by atoms with Crippen LogP contribution in [0.4, 0.5) is 4.39 Å².